The highest BCUT2D eigenvalue weighted by molar-refractivity contribution is 7.99. The number of pyridine rings is 1. The van der Waals surface area contributed by atoms with Crippen LogP contribution in [0.5, 0.6) is 0 Å². The molecule has 0 aromatic carbocycles. The van der Waals surface area contributed by atoms with Crippen LogP contribution >= 0.6 is 11.8 Å². The topological polar surface area (TPSA) is 34.1 Å². The molecule has 1 rings (SSSR count). The SMILES string of the molecule is CNC(C)c1ccc(SCCOC)cn1. The van der Waals surface area contributed by atoms with Gasteiger partial charge in [-0.25, -0.2) is 0 Å². The van der Waals surface area contributed by atoms with Crippen LogP contribution in [-0.2, 0) is 4.74 Å². The summed E-state index contributed by atoms with van der Waals surface area (Å²) < 4.78 is 4.99. The number of methoxy groups -OCH3 is 1. The Morgan fingerprint density at radius 2 is 2.33 bits per heavy atom. The molecule has 0 amide bonds. The average Bonchev–Trinajstić information content (AvgIpc) is 2.29. The molecule has 0 spiro atoms. The second-order valence-electron chi connectivity index (χ2n) is 3.27. The number of hydrogen-bond donors (Lipinski definition) is 1. The monoisotopic (exact) mass is 226 g/mol. The first-order valence-electron chi connectivity index (χ1n) is 5.03. The number of thioether (sulfide) groups is 1. The van der Waals surface area contributed by atoms with Crippen LogP contribution in [0.4, 0.5) is 0 Å². The lowest BCUT2D eigenvalue weighted by Gasteiger charge is -2.09. The van der Waals surface area contributed by atoms with Crippen LogP contribution in [0, 0.1) is 0 Å². The first kappa shape index (κ1) is 12.5. The maximum atomic E-state index is 4.99. The molecule has 0 bridgehead atoms. The van der Waals surface area contributed by atoms with Crippen LogP contribution in [0.15, 0.2) is 23.2 Å². The number of hydrogen-bond acceptors (Lipinski definition) is 4. The van der Waals surface area contributed by atoms with Crippen LogP contribution in [0.2, 0.25) is 0 Å². The van der Waals surface area contributed by atoms with Crippen LogP contribution in [0.3, 0.4) is 0 Å². The predicted molar refractivity (Wildman–Crippen MR) is 64.3 cm³/mol. The number of aromatic nitrogens is 1. The molecule has 1 unspecified atom stereocenters. The van der Waals surface area contributed by atoms with Crippen molar-refractivity contribution in [3.8, 4) is 0 Å². The van der Waals surface area contributed by atoms with Crippen molar-refractivity contribution in [2.24, 2.45) is 0 Å². The normalized spacial score (nSPS) is 12.7. The van der Waals surface area contributed by atoms with Gasteiger partial charge < -0.3 is 10.1 Å². The Labute approximate surface area is 95.6 Å². The summed E-state index contributed by atoms with van der Waals surface area (Å²) in [6.45, 7) is 2.87. The minimum absolute atomic E-state index is 0.308. The molecule has 3 nitrogen and oxygen atoms in total. The first-order chi connectivity index (χ1) is 7.27. The van der Waals surface area contributed by atoms with Gasteiger partial charge in [0.2, 0.25) is 0 Å². The molecular formula is C11H18N2OS. The minimum atomic E-state index is 0.308. The summed E-state index contributed by atoms with van der Waals surface area (Å²) >= 11 is 1.77. The predicted octanol–water partition coefficient (Wildman–Crippen LogP) is 2.10. The zero-order valence-corrected chi connectivity index (χ0v) is 10.3. The van der Waals surface area contributed by atoms with Gasteiger partial charge in [0.1, 0.15) is 0 Å². The van der Waals surface area contributed by atoms with Crippen molar-refractivity contribution >= 4 is 11.8 Å². The molecule has 15 heavy (non-hydrogen) atoms. The molecule has 0 aliphatic rings. The van der Waals surface area contributed by atoms with E-state index in [1.165, 1.54) is 4.90 Å². The van der Waals surface area contributed by atoms with E-state index in [4.69, 9.17) is 4.74 Å². The minimum Gasteiger partial charge on any atom is -0.384 e. The van der Waals surface area contributed by atoms with E-state index in [1.807, 2.05) is 13.2 Å². The number of nitrogens with zero attached hydrogens (tertiary/aromatic N) is 1. The molecule has 0 radical (unpaired) electrons. The van der Waals surface area contributed by atoms with Crippen molar-refractivity contribution in [2.75, 3.05) is 26.5 Å². The average molecular weight is 226 g/mol. The lowest BCUT2D eigenvalue weighted by Crippen LogP contribution is -2.13. The second-order valence-corrected chi connectivity index (χ2v) is 4.44. The zero-order valence-electron chi connectivity index (χ0n) is 9.49. The summed E-state index contributed by atoms with van der Waals surface area (Å²) in [6.07, 6.45) is 1.92. The summed E-state index contributed by atoms with van der Waals surface area (Å²) in [5.74, 6) is 0.971. The van der Waals surface area contributed by atoms with Gasteiger partial charge in [-0.1, -0.05) is 0 Å². The van der Waals surface area contributed by atoms with Crippen molar-refractivity contribution in [3.63, 3.8) is 0 Å². The molecule has 0 saturated carbocycles. The molecule has 1 heterocycles. The highest BCUT2D eigenvalue weighted by atomic mass is 32.2. The van der Waals surface area contributed by atoms with E-state index in [2.05, 4.69) is 29.4 Å². The van der Waals surface area contributed by atoms with Gasteiger partial charge in [0, 0.05) is 30.0 Å². The lowest BCUT2D eigenvalue weighted by atomic mass is 10.2. The Kier molecular flexibility index (Phi) is 5.68. The number of rotatable bonds is 6. The summed E-state index contributed by atoms with van der Waals surface area (Å²) in [5.41, 5.74) is 1.08. The summed E-state index contributed by atoms with van der Waals surface area (Å²) in [5, 5.41) is 3.16. The van der Waals surface area contributed by atoms with Crippen molar-refractivity contribution in [1.82, 2.24) is 10.3 Å². The largest absolute Gasteiger partial charge is 0.384 e. The van der Waals surface area contributed by atoms with Crippen LogP contribution < -0.4 is 5.32 Å². The highest BCUT2D eigenvalue weighted by Crippen LogP contribution is 2.18. The van der Waals surface area contributed by atoms with E-state index in [-0.39, 0.29) is 0 Å². The summed E-state index contributed by atoms with van der Waals surface area (Å²) in [7, 11) is 3.66. The van der Waals surface area contributed by atoms with Crippen molar-refractivity contribution in [1.29, 1.82) is 0 Å². The molecule has 0 fully saturated rings. The van der Waals surface area contributed by atoms with Gasteiger partial charge in [-0.2, -0.15) is 0 Å². The Morgan fingerprint density at radius 1 is 1.53 bits per heavy atom. The van der Waals surface area contributed by atoms with E-state index in [0.29, 0.717) is 6.04 Å². The van der Waals surface area contributed by atoms with Crippen LogP contribution in [0.25, 0.3) is 0 Å². The molecule has 84 valence electrons. The number of ether oxygens (including phenoxy) is 1. The Morgan fingerprint density at radius 3 is 2.87 bits per heavy atom. The maximum absolute atomic E-state index is 4.99. The highest BCUT2D eigenvalue weighted by Gasteiger charge is 2.03. The quantitative estimate of drug-likeness (QED) is 0.595. The van der Waals surface area contributed by atoms with Gasteiger partial charge in [-0.05, 0) is 26.1 Å². The van der Waals surface area contributed by atoms with E-state index in [1.54, 1.807) is 18.9 Å². The third-order valence-corrected chi connectivity index (χ3v) is 3.14. The van der Waals surface area contributed by atoms with Crippen molar-refractivity contribution in [2.45, 2.75) is 17.9 Å². The lowest BCUT2D eigenvalue weighted by molar-refractivity contribution is 0.218. The van der Waals surface area contributed by atoms with E-state index in [9.17, 15) is 0 Å². The summed E-state index contributed by atoms with van der Waals surface area (Å²) in [6, 6.07) is 4.48. The molecule has 1 atom stereocenters. The fourth-order valence-corrected chi connectivity index (χ4v) is 1.90. The number of nitrogens with one attached hydrogen (secondary N) is 1. The van der Waals surface area contributed by atoms with Crippen molar-refractivity contribution in [3.05, 3.63) is 24.0 Å². The van der Waals surface area contributed by atoms with Gasteiger partial charge >= 0.3 is 0 Å². The first-order valence-corrected chi connectivity index (χ1v) is 6.01. The van der Waals surface area contributed by atoms with Crippen LogP contribution in [0.1, 0.15) is 18.7 Å². The molecule has 1 aromatic heterocycles. The zero-order chi connectivity index (χ0) is 11.1. The maximum Gasteiger partial charge on any atom is 0.0571 e. The van der Waals surface area contributed by atoms with Gasteiger partial charge in [0.25, 0.3) is 0 Å². The standard InChI is InChI=1S/C11H18N2OS/c1-9(12-2)11-5-4-10(8-13-11)15-7-6-14-3/h4-5,8-9,12H,6-7H2,1-3H3. The third-order valence-electron chi connectivity index (χ3n) is 2.19. The van der Waals surface area contributed by atoms with Gasteiger partial charge in [0.15, 0.2) is 0 Å². The molecule has 0 aliphatic heterocycles. The van der Waals surface area contributed by atoms with E-state index < -0.39 is 0 Å². The van der Waals surface area contributed by atoms with E-state index in [0.717, 1.165) is 18.1 Å². The fraction of sp³-hybridized carbons (Fsp3) is 0.545. The Bertz CT molecular complexity index is 276. The second kappa shape index (κ2) is 6.82. The van der Waals surface area contributed by atoms with Crippen molar-refractivity contribution < 1.29 is 4.74 Å². The molecule has 0 aliphatic carbocycles. The fourth-order valence-electron chi connectivity index (χ4n) is 1.12. The smallest absolute Gasteiger partial charge is 0.0571 e. The molecular weight excluding hydrogens is 208 g/mol. The third kappa shape index (κ3) is 4.20. The Balaban J connectivity index is 2.49. The van der Waals surface area contributed by atoms with Gasteiger partial charge in [-0.3, -0.25) is 4.98 Å². The van der Waals surface area contributed by atoms with Crippen LogP contribution in [-0.4, -0.2) is 31.5 Å². The molecule has 0 saturated heterocycles. The molecule has 4 heteroatoms. The van der Waals surface area contributed by atoms with Gasteiger partial charge in [0.05, 0.1) is 12.3 Å². The van der Waals surface area contributed by atoms with Gasteiger partial charge in [-0.15, -0.1) is 11.8 Å². The van der Waals surface area contributed by atoms with E-state index >= 15 is 0 Å². The molecule has 1 aromatic rings. The molecule has 1 N–H and O–H groups in total. The Hall–Kier alpha value is -0.580. The summed E-state index contributed by atoms with van der Waals surface area (Å²) in [4.78, 5) is 5.60.